The van der Waals surface area contributed by atoms with Gasteiger partial charge < -0.3 is 10.8 Å². The molecular weight excluding hydrogens is 248 g/mol. The first-order chi connectivity index (χ1) is 9.75. The predicted octanol–water partition coefficient (Wildman–Crippen LogP) is 2.96. The molecule has 0 bridgehead atoms. The lowest BCUT2D eigenvalue weighted by Crippen LogP contribution is -2.48. The molecule has 1 aromatic rings. The van der Waals surface area contributed by atoms with Gasteiger partial charge in [-0.2, -0.15) is 0 Å². The lowest BCUT2D eigenvalue weighted by atomic mass is 9.78. The van der Waals surface area contributed by atoms with E-state index in [0.29, 0.717) is 11.7 Å². The topological polar surface area (TPSA) is 49.5 Å². The highest BCUT2D eigenvalue weighted by atomic mass is 16.3. The minimum absolute atomic E-state index is 0.461. The summed E-state index contributed by atoms with van der Waals surface area (Å²) in [6.45, 7) is 1.86. The maximum atomic E-state index is 10.5. The molecule has 3 heteroatoms. The average molecular weight is 274 g/mol. The van der Waals surface area contributed by atoms with Gasteiger partial charge >= 0.3 is 0 Å². The number of aliphatic hydroxyl groups is 1. The minimum atomic E-state index is -0.461. The Bertz CT molecular complexity index is 446. The van der Waals surface area contributed by atoms with Crippen LogP contribution in [0.5, 0.6) is 0 Å². The van der Waals surface area contributed by atoms with Crippen LogP contribution in [0, 0.1) is 5.92 Å². The fraction of sp³-hybridized carbons (Fsp3) is 0.647. The molecule has 3 nitrogen and oxygen atoms in total. The van der Waals surface area contributed by atoms with E-state index in [4.69, 9.17) is 5.73 Å². The summed E-state index contributed by atoms with van der Waals surface area (Å²) in [7, 11) is 0. The summed E-state index contributed by atoms with van der Waals surface area (Å²) in [6.07, 6.45) is 7.62. The number of nitrogen functional groups attached to an aromatic ring is 1. The highest BCUT2D eigenvalue weighted by Gasteiger charge is 2.34. The van der Waals surface area contributed by atoms with E-state index in [2.05, 4.69) is 4.90 Å². The van der Waals surface area contributed by atoms with E-state index in [9.17, 15) is 5.11 Å². The van der Waals surface area contributed by atoms with Crippen molar-refractivity contribution in [3.8, 4) is 0 Å². The number of nitrogens with two attached hydrogens (primary N) is 1. The number of benzene rings is 1. The lowest BCUT2D eigenvalue weighted by Gasteiger charge is -2.44. The maximum absolute atomic E-state index is 10.5. The van der Waals surface area contributed by atoms with Crippen LogP contribution < -0.4 is 5.73 Å². The van der Waals surface area contributed by atoms with E-state index in [-0.39, 0.29) is 0 Å². The molecule has 3 rings (SSSR count). The number of rotatable bonds is 3. The first kappa shape index (κ1) is 13.9. The zero-order chi connectivity index (χ0) is 13.9. The third-order valence-electron chi connectivity index (χ3n) is 5.12. The molecular formula is C17H26N2O. The highest BCUT2D eigenvalue weighted by molar-refractivity contribution is 5.47. The van der Waals surface area contributed by atoms with Crippen molar-refractivity contribution in [2.75, 3.05) is 18.8 Å². The van der Waals surface area contributed by atoms with Crippen molar-refractivity contribution in [3.05, 3.63) is 29.8 Å². The average Bonchev–Trinajstić information content (AvgIpc) is 2.48. The fourth-order valence-electron chi connectivity index (χ4n) is 4.09. The van der Waals surface area contributed by atoms with Crippen LogP contribution in [0.2, 0.25) is 0 Å². The number of anilines is 1. The molecule has 0 aromatic heterocycles. The Morgan fingerprint density at radius 3 is 2.75 bits per heavy atom. The van der Waals surface area contributed by atoms with Crippen molar-refractivity contribution in [1.82, 2.24) is 4.90 Å². The summed E-state index contributed by atoms with van der Waals surface area (Å²) >= 11 is 0. The summed E-state index contributed by atoms with van der Waals surface area (Å²) in [6, 6.07) is 8.38. The van der Waals surface area contributed by atoms with Gasteiger partial charge in [-0.3, -0.25) is 4.90 Å². The Hall–Kier alpha value is -1.06. The zero-order valence-electron chi connectivity index (χ0n) is 12.2. The second-order valence-corrected chi connectivity index (χ2v) is 6.39. The molecule has 3 atom stereocenters. The Kier molecular flexibility index (Phi) is 4.27. The SMILES string of the molecule is Nc1ccccc1C(O)CN1CCC[C@H]2CCCC[C@H]21. The van der Waals surface area contributed by atoms with Gasteiger partial charge in [-0.1, -0.05) is 31.0 Å². The van der Waals surface area contributed by atoms with E-state index in [0.717, 1.165) is 24.6 Å². The molecule has 3 N–H and O–H groups in total. The summed E-state index contributed by atoms with van der Waals surface area (Å²) in [5.74, 6) is 0.859. The van der Waals surface area contributed by atoms with E-state index in [1.54, 1.807) is 0 Å². The van der Waals surface area contributed by atoms with Crippen LogP contribution in [0.15, 0.2) is 24.3 Å². The fourth-order valence-corrected chi connectivity index (χ4v) is 4.09. The highest BCUT2D eigenvalue weighted by Crippen LogP contribution is 2.36. The third kappa shape index (κ3) is 2.84. The lowest BCUT2D eigenvalue weighted by molar-refractivity contribution is 0.0207. The molecule has 0 amide bonds. The number of β-amino-alcohol motifs (C(OH)–C–C–N with tert-alkyl or cyclic N) is 1. The minimum Gasteiger partial charge on any atom is -0.398 e. The molecule has 0 spiro atoms. The molecule has 0 radical (unpaired) electrons. The van der Waals surface area contributed by atoms with Crippen LogP contribution in [0.25, 0.3) is 0 Å². The number of fused-ring (bicyclic) bond motifs is 1. The standard InChI is InChI=1S/C17H26N2O/c18-15-9-3-2-8-14(15)17(20)12-19-11-5-7-13-6-1-4-10-16(13)19/h2-3,8-9,13,16-17,20H,1,4-7,10-12,18H2/t13-,16-,17?/m1/s1. The van der Waals surface area contributed by atoms with E-state index >= 15 is 0 Å². The van der Waals surface area contributed by atoms with Crippen molar-refractivity contribution >= 4 is 5.69 Å². The number of hydrogen-bond acceptors (Lipinski definition) is 3. The van der Waals surface area contributed by atoms with Crippen LogP contribution in [0.4, 0.5) is 5.69 Å². The first-order valence-electron chi connectivity index (χ1n) is 8.02. The Balaban J connectivity index is 1.68. The first-order valence-corrected chi connectivity index (χ1v) is 8.02. The van der Waals surface area contributed by atoms with Gasteiger partial charge in [0.05, 0.1) is 6.10 Å². The van der Waals surface area contributed by atoms with E-state index in [1.165, 1.54) is 38.5 Å². The smallest absolute Gasteiger partial charge is 0.0936 e. The van der Waals surface area contributed by atoms with Crippen molar-refractivity contribution in [2.45, 2.75) is 50.7 Å². The van der Waals surface area contributed by atoms with Crippen molar-refractivity contribution in [2.24, 2.45) is 5.92 Å². The number of aliphatic hydroxyl groups excluding tert-OH is 1. The second-order valence-electron chi connectivity index (χ2n) is 6.39. The number of nitrogens with zero attached hydrogens (tertiary/aromatic N) is 1. The van der Waals surface area contributed by atoms with Crippen molar-refractivity contribution in [1.29, 1.82) is 0 Å². The van der Waals surface area contributed by atoms with Gasteiger partial charge in [-0.25, -0.2) is 0 Å². The van der Waals surface area contributed by atoms with Crippen LogP contribution in [0.3, 0.4) is 0 Å². The molecule has 1 unspecified atom stereocenters. The van der Waals surface area contributed by atoms with E-state index < -0.39 is 6.10 Å². The van der Waals surface area contributed by atoms with Crippen LogP contribution in [0.1, 0.15) is 50.2 Å². The van der Waals surface area contributed by atoms with Gasteiger partial charge in [-0.05, 0) is 44.2 Å². The largest absolute Gasteiger partial charge is 0.398 e. The molecule has 1 aliphatic heterocycles. The predicted molar refractivity (Wildman–Crippen MR) is 82.4 cm³/mol. The molecule has 1 aromatic carbocycles. The summed E-state index contributed by atoms with van der Waals surface area (Å²) in [5, 5.41) is 10.5. The normalized spacial score (nSPS) is 28.9. The Morgan fingerprint density at radius 2 is 1.90 bits per heavy atom. The third-order valence-corrected chi connectivity index (χ3v) is 5.12. The summed E-state index contributed by atoms with van der Waals surface area (Å²) < 4.78 is 0. The monoisotopic (exact) mass is 274 g/mol. The number of piperidine rings is 1. The van der Waals surface area contributed by atoms with Gasteiger partial charge in [0.1, 0.15) is 0 Å². The van der Waals surface area contributed by atoms with Crippen molar-refractivity contribution < 1.29 is 5.11 Å². The van der Waals surface area contributed by atoms with Gasteiger partial charge in [0.15, 0.2) is 0 Å². The van der Waals surface area contributed by atoms with Crippen LogP contribution in [-0.4, -0.2) is 29.1 Å². The van der Waals surface area contributed by atoms with Gasteiger partial charge in [0.2, 0.25) is 0 Å². The maximum Gasteiger partial charge on any atom is 0.0936 e. The van der Waals surface area contributed by atoms with Gasteiger partial charge in [0, 0.05) is 23.8 Å². The van der Waals surface area contributed by atoms with Crippen LogP contribution >= 0.6 is 0 Å². The van der Waals surface area contributed by atoms with Gasteiger partial charge in [0.25, 0.3) is 0 Å². The summed E-state index contributed by atoms with van der Waals surface area (Å²) in [5.41, 5.74) is 7.57. The molecule has 1 aliphatic carbocycles. The van der Waals surface area contributed by atoms with Crippen LogP contribution in [-0.2, 0) is 0 Å². The number of likely N-dealkylation sites (tertiary alicyclic amines) is 1. The van der Waals surface area contributed by atoms with Crippen molar-refractivity contribution in [3.63, 3.8) is 0 Å². The second kappa shape index (κ2) is 6.15. The number of para-hydroxylation sites is 1. The van der Waals surface area contributed by atoms with Gasteiger partial charge in [-0.15, -0.1) is 0 Å². The Labute approximate surface area is 121 Å². The molecule has 110 valence electrons. The molecule has 1 saturated heterocycles. The van der Waals surface area contributed by atoms with E-state index in [1.807, 2.05) is 24.3 Å². The molecule has 1 heterocycles. The molecule has 2 fully saturated rings. The quantitative estimate of drug-likeness (QED) is 0.833. The summed E-state index contributed by atoms with van der Waals surface area (Å²) in [4.78, 5) is 2.52. The molecule has 1 saturated carbocycles. The Morgan fingerprint density at radius 1 is 1.15 bits per heavy atom. The molecule has 20 heavy (non-hydrogen) atoms. The number of hydrogen-bond donors (Lipinski definition) is 2. The molecule has 2 aliphatic rings. The zero-order valence-corrected chi connectivity index (χ0v) is 12.2.